The molecule has 0 bridgehead atoms. The van der Waals surface area contributed by atoms with Gasteiger partial charge in [-0.15, -0.1) is 0 Å². The smallest absolute Gasteiger partial charge is 0.338 e. The predicted molar refractivity (Wildman–Crippen MR) is 150 cm³/mol. The summed E-state index contributed by atoms with van der Waals surface area (Å²) in [5, 5.41) is 2.68. The number of benzene rings is 1. The van der Waals surface area contributed by atoms with Crippen molar-refractivity contribution in [2.45, 2.75) is 53.0 Å². The maximum atomic E-state index is 13.4. The Balaban J connectivity index is 1.58. The standard InChI is InChI=1S/C29H37N3O6S/c1-6-37-27(34)21-9-11-31(12-10-21)24(33)16-22-17-39-29-30-20(4)25(28(35)38-14-13-36-5)26(32(22)29)23-15-18(2)7-8-19(23)3/h7-8,15,17,21,26H,6,9-14,16H2,1-5H3. The highest BCUT2D eigenvalue weighted by atomic mass is 32.2. The topological polar surface area (TPSA) is 97.7 Å². The SMILES string of the molecule is CCOC(=O)C1CCN(C(=O)CC2=CSC3=NC(C)=C(C(=O)OCCOC)C(c4cc(C)ccc4C)N23)CC1. The normalized spacial score (nSPS) is 19.5. The Kier molecular flexibility index (Phi) is 9.50. The summed E-state index contributed by atoms with van der Waals surface area (Å²) in [4.78, 5) is 47.5. The van der Waals surface area contributed by atoms with E-state index in [1.807, 2.05) is 48.1 Å². The van der Waals surface area contributed by atoms with Crippen LogP contribution in [0.3, 0.4) is 0 Å². The van der Waals surface area contributed by atoms with Crippen molar-refractivity contribution in [1.29, 1.82) is 0 Å². The molecule has 0 N–H and O–H groups in total. The van der Waals surface area contributed by atoms with Gasteiger partial charge in [-0.05, 0) is 57.1 Å². The van der Waals surface area contributed by atoms with Gasteiger partial charge in [0.2, 0.25) is 5.91 Å². The first-order valence-electron chi connectivity index (χ1n) is 13.4. The van der Waals surface area contributed by atoms with Gasteiger partial charge in [-0.3, -0.25) is 9.59 Å². The molecule has 39 heavy (non-hydrogen) atoms. The number of hydrogen-bond acceptors (Lipinski definition) is 9. The Morgan fingerprint density at radius 2 is 1.82 bits per heavy atom. The molecule has 0 aliphatic carbocycles. The van der Waals surface area contributed by atoms with Gasteiger partial charge in [-0.1, -0.05) is 35.5 Å². The van der Waals surface area contributed by atoms with Gasteiger partial charge < -0.3 is 24.0 Å². The number of carbonyl (C=O) groups is 3. The molecule has 3 aliphatic heterocycles. The third kappa shape index (κ3) is 6.38. The number of esters is 2. The molecule has 0 spiro atoms. The summed E-state index contributed by atoms with van der Waals surface area (Å²) in [5.41, 5.74) is 4.92. The minimum atomic E-state index is -0.476. The molecule has 3 aliphatic rings. The third-order valence-corrected chi connectivity index (χ3v) is 8.16. The van der Waals surface area contributed by atoms with Crippen molar-refractivity contribution in [2.75, 3.05) is 40.0 Å². The molecular formula is C29H37N3O6S. The highest BCUT2D eigenvalue weighted by molar-refractivity contribution is 8.16. The summed E-state index contributed by atoms with van der Waals surface area (Å²) in [6, 6.07) is 5.70. The Hall–Kier alpha value is -3.11. The van der Waals surface area contributed by atoms with Gasteiger partial charge in [0.1, 0.15) is 6.61 Å². The van der Waals surface area contributed by atoms with Crippen LogP contribution in [-0.2, 0) is 28.6 Å². The van der Waals surface area contributed by atoms with Crippen LogP contribution in [0.5, 0.6) is 0 Å². The Bertz CT molecular complexity index is 1220. The van der Waals surface area contributed by atoms with Gasteiger partial charge >= 0.3 is 11.9 Å². The van der Waals surface area contributed by atoms with Crippen molar-refractivity contribution < 1.29 is 28.6 Å². The summed E-state index contributed by atoms with van der Waals surface area (Å²) in [5.74, 6) is -0.802. The number of nitrogens with zero attached hydrogens (tertiary/aromatic N) is 3. The van der Waals surface area contributed by atoms with Gasteiger partial charge in [0.25, 0.3) is 0 Å². The molecule has 4 rings (SSSR count). The maximum Gasteiger partial charge on any atom is 0.338 e. The Labute approximate surface area is 234 Å². The molecule has 3 heterocycles. The van der Waals surface area contributed by atoms with Crippen molar-refractivity contribution in [1.82, 2.24) is 9.80 Å². The van der Waals surface area contributed by atoms with E-state index in [0.717, 1.165) is 27.6 Å². The van der Waals surface area contributed by atoms with E-state index in [1.165, 1.54) is 11.8 Å². The summed E-state index contributed by atoms with van der Waals surface area (Å²) in [6.07, 6.45) is 1.36. The molecule has 10 heteroatoms. The van der Waals surface area contributed by atoms with Crippen LogP contribution in [0.1, 0.15) is 55.8 Å². The van der Waals surface area contributed by atoms with E-state index >= 15 is 0 Å². The second kappa shape index (κ2) is 12.8. The molecule has 0 aromatic heterocycles. The second-order valence-corrected chi connectivity index (χ2v) is 10.8. The van der Waals surface area contributed by atoms with Gasteiger partial charge in [0.15, 0.2) is 5.17 Å². The first kappa shape index (κ1) is 28.9. The lowest BCUT2D eigenvalue weighted by atomic mass is 9.90. The monoisotopic (exact) mass is 555 g/mol. The minimum Gasteiger partial charge on any atom is -0.466 e. The van der Waals surface area contributed by atoms with Crippen LogP contribution in [0.2, 0.25) is 0 Å². The van der Waals surface area contributed by atoms with Crippen LogP contribution in [-0.4, -0.2) is 72.8 Å². The molecule has 1 aromatic rings. The molecule has 1 fully saturated rings. The highest BCUT2D eigenvalue weighted by Crippen LogP contribution is 2.46. The van der Waals surface area contributed by atoms with E-state index in [9.17, 15) is 14.4 Å². The van der Waals surface area contributed by atoms with Gasteiger partial charge in [0.05, 0.1) is 42.9 Å². The van der Waals surface area contributed by atoms with Crippen LogP contribution in [0.4, 0.5) is 0 Å². The quantitative estimate of drug-likeness (QED) is 0.329. The summed E-state index contributed by atoms with van der Waals surface area (Å²) in [7, 11) is 1.56. The molecule has 9 nitrogen and oxygen atoms in total. The van der Waals surface area contributed by atoms with Crippen LogP contribution in [0, 0.1) is 19.8 Å². The van der Waals surface area contributed by atoms with Gasteiger partial charge in [-0.25, -0.2) is 9.79 Å². The van der Waals surface area contributed by atoms with Crippen molar-refractivity contribution >= 4 is 34.8 Å². The number of piperidine rings is 1. The van der Waals surface area contributed by atoms with Gasteiger partial charge in [-0.2, -0.15) is 0 Å². The van der Waals surface area contributed by atoms with Crippen molar-refractivity contribution in [3.05, 3.63) is 57.3 Å². The summed E-state index contributed by atoms with van der Waals surface area (Å²) in [6.45, 7) is 9.50. The number of methoxy groups -OCH3 is 1. The highest BCUT2D eigenvalue weighted by Gasteiger charge is 2.42. The molecule has 0 radical (unpaired) electrons. The van der Waals surface area contributed by atoms with Crippen LogP contribution in [0.15, 0.2) is 45.6 Å². The van der Waals surface area contributed by atoms with Gasteiger partial charge in [0, 0.05) is 25.9 Å². The molecule has 210 valence electrons. The number of allylic oxidation sites excluding steroid dienone is 1. The Morgan fingerprint density at radius 1 is 1.08 bits per heavy atom. The molecular weight excluding hydrogens is 518 g/mol. The first-order chi connectivity index (χ1) is 18.7. The number of aliphatic imine (C=N–C) groups is 1. The molecule has 1 amide bonds. The van der Waals surface area contributed by atoms with Crippen LogP contribution < -0.4 is 0 Å². The zero-order valence-electron chi connectivity index (χ0n) is 23.3. The fourth-order valence-electron chi connectivity index (χ4n) is 5.17. The number of ether oxygens (including phenoxy) is 3. The number of hydrogen-bond donors (Lipinski definition) is 0. The van der Waals surface area contributed by atoms with Crippen LogP contribution >= 0.6 is 11.8 Å². The average molecular weight is 556 g/mol. The molecule has 1 saturated heterocycles. The van der Waals surface area contributed by atoms with E-state index in [1.54, 1.807) is 14.0 Å². The number of carbonyl (C=O) groups excluding carboxylic acids is 3. The molecule has 1 aromatic carbocycles. The summed E-state index contributed by atoms with van der Waals surface area (Å²) < 4.78 is 15.8. The maximum absolute atomic E-state index is 13.4. The lowest BCUT2D eigenvalue weighted by Crippen LogP contribution is -2.42. The lowest BCUT2D eigenvalue weighted by Gasteiger charge is -2.38. The predicted octanol–water partition coefficient (Wildman–Crippen LogP) is 4.26. The van der Waals surface area contributed by atoms with Crippen molar-refractivity contribution in [3.8, 4) is 0 Å². The largest absolute Gasteiger partial charge is 0.466 e. The number of rotatable bonds is 9. The first-order valence-corrected chi connectivity index (χ1v) is 14.2. The van der Waals surface area contributed by atoms with E-state index < -0.39 is 12.0 Å². The van der Waals surface area contributed by atoms with E-state index in [0.29, 0.717) is 50.4 Å². The van der Waals surface area contributed by atoms with E-state index in [4.69, 9.17) is 19.2 Å². The number of likely N-dealkylation sites (tertiary alicyclic amines) is 1. The number of amidine groups is 1. The van der Waals surface area contributed by atoms with E-state index in [2.05, 4.69) is 6.07 Å². The van der Waals surface area contributed by atoms with Crippen molar-refractivity contribution in [3.63, 3.8) is 0 Å². The van der Waals surface area contributed by atoms with Crippen molar-refractivity contribution in [2.24, 2.45) is 10.9 Å². The second-order valence-electron chi connectivity index (χ2n) is 9.97. The zero-order valence-corrected chi connectivity index (χ0v) is 24.1. The number of amides is 1. The fourth-order valence-corrected chi connectivity index (χ4v) is 6.13. The Morgan fingerprint density at radius 3 is 2.51 bits per heavy atom. The van der Waals surface area contributed by atoms with Crippen LogP contribution in [0.25, 0.3) is 0 Å². The zero-order chi connectivity index (χ0) is 28.1. The lowest BCUT2D eigenvalue weighted by molar-refractivity contribution is -0.151. The fraction of sp³-hybridized carbons (Fsp3) is 0.517. The molecule has 1 atom stereocenters. The number of fused-ring (bicyclic) bond motifs is 1. The average Bonchev–Trinajstić information content (AvgIpc) is 3.31. The number of aryl methyl sites for hydroxylation is 2. The third-order valence-electron chi connectivity index (χ3n) is 7.27. The molecule has 0 saturated carbocycles. The molecule has 1 unspecified atom stereocenters. The minimum absolute atomic E-state index is 0.0133. The number of thioether (sulfide) groups is 1. The summed E-state index contributed by atoms with van der Waals surface area (Å²) >= 11 is 1.46. The van der Waals surface area contributed by atoms with E-state index in [-0.39, 0.29) is 30.8 Å².